The number of carbonyl (C=O) groups is 1. The van der Waals surface area contributed by atoms with Crippen LogP contribution in [0, 0.1) is 12.8 Å². The molecule has 1 saturated heterocycles. The Morgan fingerprint density at radius 1 is 1.28 bits per heavy atom. The van der Waals surface area contributed by atoms with Gasteiger partial charge in [-0.05, 0) is 43.7 Å². The van der Waals surface area contributed by atoms with Crippen LogP contribution in [0.25, 0.3) is 0 Å². The Labute approximate surface area is 156 Å². The fraction of sp³-hybridized carbons (Fsp3) is 0.632. The highest BCUT2D eigenvalue weighted by Crippen LogP contribution is 2.21. The van der Waals surface area contributed by atoms with Gasteiger partial charge in [-0.3, -0.25) is 9.69 Å². The first-order valence-corrected chi connectivity index (χ1v) is 9.33. The predicted octanol–water partition coefficient (Wildman–Crippen LogP) is 2.42. The third kappa shape index (κ3) is 6.17. The van der Waals surface area contributed by atoms with E-state index in [0.717, 1.165) is 31.7 Å². The quantitative estimate of drug-likeness (QED) is 0.803. The fourth-order valence-corrected chi connectivity index (χ4v) is 3.18. The van der Waals surface area contributed by atoms with Crippen LogP contribution in [0.2, 0.25) is 5.02 Å². The lowest BCUT2D eigenvalue weighted by Crippen LogP contribution is -2.54. The zero-order valence-electron chi connectivity index (χ0n) is 15.7. The standard InChI is InChI=1S/C19H30ClN3O2/c1-14(2)18(23-9-7-22(4)8-10-23)12-21-19(24)13-25-16-5-6-17(20)15(3)11-16/h5-6,11,14,18H,7-10,12-13H2,1-4H3,(H,21,24). The molecule has 0 radical (unpaired) electrons. The Morgan fingerprint density at radius 2 is 1.96 bits per heavy atom. The van der Waals surface area contributed by atoms with Gasteiger partial charge >= 0.3 is 0 Å². The molecular weight excluding hydrogens is 338 g/mol. The van der Waals surface area contributed by atoms with Gasteiger partial charge in [0.1, 0.15) is 5.75 Å². The van der Waals surface area contributed by atoms with Crippen molar-refractivity contribution in [3.63, 3.8) is 0 Å². The molecule has 1 N–H and O–H groups in total. The Hall–Kier alpha value is -1.30. The Morgan fingerprint density at radius 3 is 2.56 bits per heavy atom. The lowest BCUT2D eigenvalue weighted by Gasteiger charge is -2.39. The van der Waals surface area contributed by atoms with Crippen molar-refractivity contribution in [2.45, 2.75) is 26.8 Å². The summed E-state index contributed by atoms with van der Waals surface area (Å²) >= 11 is 6.00. The molecule has 1 aliphatic heterocycles. The summed E-state index contributed by atoms with van der Waals surface area (Å²) in [5.41, 5.74) is 0.939. The summed E-state index contributed by atoms with van der Waals surface area (Å²) in [6.07, 6.45) is 0. The number of nitrogens with zero attached hydrogens (tertiary/aromatic N) is 2. The summed E-state index contributed by atoms with van der Waals surface area (Å²) in [5, 5.41) is 3.72. The monoisotopic (exact) mass is 367 g/mol. The molecular formula is C19H30ClN3O2. The molecule has 5 nitrogen and oxygen atoms in total. The summed E-state index contributed by atoms with van der Waals surface area (Å²) in [6, 6.07) is 5.77. The number of ether oxygens (including phenoxy) is 1. The summed E-state index contributed by atoms with van der Waals surface area (Å²) in [7, 11) is 2.15. The van der Waals surface area contributed by atoms with Crippen molar-refractivity contribution in [2.75, 3.05) is 46.4 Å². The normalized spacial score (nSPS) is 17.5. The average Bonchev–Trinajstić information content (AvgIpc) is 2.57. The first-order chi connectivity index (χ1) is 11.9. The van der Waals surface area contributed by atoms with Crippen LogP contribution in [0.4, 0.5) is 0 Å². The number of rotatable bonds is 7. The maximum Gasteiger partial charge on any atom is 0.257 e. The van der Waals surface area contributed by atoms with Crippen molar-refractivity contribution in [3.05, 3.63) is 28.8 Å². The molecule has 1 amide bonds. The number of benzene rings is 1. The van der Waals surface area contributed by atoms with Crippen LogP contribution in [0.15, 0.2) is 18.2 Å². The average molecular weight is 368 g/mol. The minimum atomic E-state index is -0.0904. The molecule has 1 aromatic rings. The SMILES string of the molecule is Cc1cc(OCC(=O)NCC(C(C)C)N2CCN(C)CC2)ccc1Cl. The molecule has 1 fully saturated rings. The van der Waals surface area contributed by atoms with Gasteiger partial charge in [-0.1, -0.05) is 25.4 Å². The van der Waals surface area contributed by atoms with E-state index in [2.05, 4.69) is 36.0 Å². The van der Waals surface area contributed by atoms with Crippen LogP contribution < -0.4 is 10.1 Å². The third-order valence-electron chi connectivity index (χ3n) is 4.78. The number of carbonyl (C=O) groups excluding carboxylic acids is 1. The van der Waals surface area contributed by atoms with Gasteiger partial charge in [0.25, 0.3) is 5.91 Å². The number of piperazine rings is 1. The fourth-order valence-electron chi connectivity index (χ4n) is 3.07. The van der Waals surface area contributed by atoms with Gasteiger partial charge in [0.2, 0.25) is 0 Å². The third-order valence-corrected chi connectivity index (χ3v) is 5.21. The molecule has 2 rings (SSSR count). The van der Waals surface area contributed by atoms with Crippen LogP contribution in [0.3, 0.4) is 0 Å². The molecule has 25 heavy (non-hydrogen) atoms. The van der Waals surface area contributed by atoms with E-state index >= 15 is 0 Å². The highest BCUT2D eigenvalue weighted by molar-refractivity contribution is 6.31. The number of halogens is 1. The molecule has 1 atom stereocenters. The lowest BCUT2D eigenvalue weighted by molar-refractivity contribution is -0.123. The number of hydrogen-bond donors (Lipinski definition) is 1. The second kappa shape index (κ2) is 9.41. The molecule has 1 unspecified atom stereocenters. The molecule has 1 aliphatic rings. The molecule has 0 aromatic heterocycles. The van der Waals surface area contributed by atoms with E-state index in [1.54, 1.807) is 12.1 Å². The second-order valence-electron chi connectivity index (χ2n) is 7.15. The Bertz CT molecular complexity index is 572. The molecule has 1 aromatic carbocycles. The van der Waals surface area contributed by atoms with E-state index in [-0.39, 0.29) is 12.5 Å². The van der Waals surface area contributed by atoms with Crippen molar-refractivity contribution in [1.82, 2.24) is 15.1 Å². The maximum atomic E-state index is 12.1. The molecule has 0 saturated carbocycles. The van der Waals surface area contributed by atoms with Gasteiger partial charge in [0.05, 0.1) is 0 Å². The largest absolute Gasteiger partial charge is 0.484 e. The van der Waals surface area contributed by atoms with Crippen molar-refractivity contribution in [2.24, 2.45) is 5.92 Å². The molecule has 0 spiro atoms. The molecule has 6 heteroatoms. The molecule has 0 bridgehead atoms. The number of aryl methyl sites for hydroxylation is 1. The van der Waals surface area contributed by atoms with Gasteiger partial charge in [0, 0.05) is 43.8 Å². The van der Waals surface area contributed by atoms with Gasteiger partial charge in [-0.25, -0.2) is 0 Å². The van der Waals surface area contributed by atoms with E-state index in [9.17, 15) is 4.79 Å². The summed E-state index contributed by atoms with van der Waals surface area (Å²) in [4.78, 5) is 17.0. The van der Waals surface area contributed by atoms with Gasteiger partial charge in [0.15, 0.2) is 6.61 Å². The van der Waals surface area contributed by atoms with Crippen LogP contribution in [-0.4, -0.2) is 68.1 Å². The zero-order valence-corrected chi connectivity index (χ0v) is 16.5. The lowest BCUT2D eigenvalue weighted by atomic mass is 10.0. The smallest absolute Gasteiger partial charge is 0.257 e. The number of amides is 1. The van der Waals surface area contributed by atoms with E-state index < -0.39 is 0 Å². The van der Waals surface area contributed by atoms with Crippen LogP contribution in [-0.2, 0) is 4.79 Å². The topological polar surface area (TPSA) is 44.8 Å². The predicted molar refractivity (Wildman–Crippen MR) is 102 cm³/mol. The van der Waals surface area contributed by atoms with E-state index in [1.807, 2.05) is 13.0 Å². The number of likely N-dealkylation sites (N-methyl/N-ethyl adjacent to an activating group) is 1. The minimum Gasteiger partial charge on any atom is -0.484 e. The van der Waals surface area contributed by atoms with Gasteiger partial charge in [-0.2, -0.15) is 0 Å². The van der Waals surface area contributed by atoms with Crippen molar-refractivity contribution >= 4 is 17.5 Å². The van der Waals surface area contributed by atoms with Crippen LogP contribution in [0.1, 0.15) is 19.4 Å². The summed E-state index contributed by atoms with van der Waals surface area (Å²) < 4.78 is 5.56. The van der Waals surface area contributed by atoms with Gasteiger partial charge in [-0.15, -0.1) is 0 Å². The van der Waals surface area contributed by atoms with E-state index in [1.165, 1.54) is 0 Å². The van der Waals surface area contributed by atoms with Crippen molar-refractivity contribution in [3.8, 4) is 5.75 Å². The summed E-state index contributed by atoms with van der Waals surface area (Å²) in [5.74, 6) is 1.06. The first kappa shape index (κ1) is 20.0. The first-order valence-electron chi connectivity index (χ1n) is 8.95. The minimum absolute atomic E-state index is 0.0224. The van der Waals surface area contributed by atoms with Crippen molar-refractivity contribution in [1.29, 1.82) is 0 Å². The molecule has 0 aliphatic carbocycles. The Kier molecular flexibility index (Phi) is 7.54. The van der Waals surface area contributed by atoms with E-state index in [0.29, 0.717) is 29.3 Å². The number of hydrogen-bond acceptors (Lipinski definition) is 4. The highest BCUT2D eigenvalue weighted by atomic mass is 35.5. The number of nitrogens with one attached hydrogen (secondary N) is 1. The maximum absolute atomic E-state index is 12.1. The van der Waals surface area contributed by atoms with Crippen LogP contribution >= 0.6 is 11.6 Å². The van der Waals surface area contributed by atoms with Crippen molar-refractivity contribution < 1.29 is 9.53 Å². The molecule has 1 heterocycles. The highest BCUT2D eigenvalue weighted by Gasteiger charge is 2.25. The molecule has 140 valence electrons. The Balaban J connectivity index is 1.79. The van der Waals surface area contributed by atoms with E-state index in [4.69, 9.17) is 16.3 Å². The second-order valence-corrected chi connectivity index (χ2v) is 7.56. The van der Waals surface area contributed by atoms with Gasteiger partial charge < -0.3 is 15.0 Å². The zero-order chi connectivity index (χ0) is 18.4. The summed E-state index contributed by atoms with van der Waals surface area (Å²) in [6.45, 7) is 11.3. The van der Waals surface area contributed by atoms with Crippen LogP contribution in [0.5, 0.6) is 5.75 Å².